The molecule has 1 amide bonds. The van der Waals surface area contributed by atoms with Crippen molar-refractivity contribution >= 4 is 44.5 Å². The predicted molar refractivity (Wildman–Crippen MR) is 84.8 cm³/mol. The van der Waals surface area contributed by atoms with E-state index < -0.39 is 5.41 Å². The highest BCUT2D eigenvalue weighted by Crippen LogP contribution is 2.26. The number of alkyl halides is 1. The lowest BCUT2D eigenvalue weighted by Gasteiger charge is -2.24. The molecule has 1 heterocycles. The highest BCUT2D eigenvalue weighted by atomic mass is 79.9. The Bertz CT molecular complexity index is 651. The van der Waals surface area contributed by atoms with Gasteiger partial charge in [0, 0.05) is 18.1 Å². The van der Waals surface area contributed by atoms with Gasteiger partial charge in [-0.2, -0.15) is 0 Å². The Labute approximate surface area is 131 Å². The number of amides is 1. The second-order valence-electron chi connectivity index (χ2n) is 5.34. The number of rotatable bonds is 4. The van der Waals surface area contributed by atoms with E-state index in [4.69, 9.17) is 11.6 Å². The number of aromatic nitrogens is 2. The zero-order chi connectivity index (χ0) is 14.9. The molecule has 0 fully saturated rings. The summed E-state index contributed by atoms with van der Waals surface area (Å²) < 4.78 is 2.99. The number of fused-ring (bicyclic) bond motifs is 1. The van der Waals surface area contributed by atoms with E-state index in [0.29, 0.717) is 12.4 Å². The minimum Gasteiger partial charge on any atom is -0.359 e. The molecule has 0 aliphatic rings. The first-order valence-corrected chi connectivity index (χ1v) is 7.64. The van der Waals surface area contributed by atoms with E-state index in [-0.39, 0.29) is 5.91 Å². The number of hydrogen-bond donors (Lipinski definition) is 1. The minimum absolute atomic E-state index is 0.00475. The number of nitrogens with zero attached hydrogens (tertiary/aromatic N) is 2. The highest BCUT2D eigenvalue weighted by Gasteiger charge is 2.28. The highest BCUT2D eigenvalue weighted by molar-refractivity contribution is 9.10. The summed E-state index contributed by atoms with van der Waals surface area (Å²) in [4.78, 5) is 16.5. The molecule has 2 aromatic rings. The Morgan fingerprint density at radius 3 is 2.80 bits per heavy atom. The van der Waals surface area contributed by atoms with Crippen molar-refractivity contribution in [2.45, 2.75) is 26.3 Å². The summed E-state index contributed by atoms with van der Waals surface area (Å²) in [7, 11) is 1.65. The van der Waals surface area contributed by atoms with Crippen LogP contribution in [0.3, 0.4) is 0 Å². The molecule has 0 saturated carbocycles. The molecule has 6 heteroatoms. The number of benzene rings is 1. The van der Waals surface area contributed by atoms with E-state index >= 15 is 0 Å². The molecule has 1 N–H and O–H groups in total. The summed E-state index contributed by atoms with van der Waals surface area (Å²) in [6, 6.07) is 5.89. The Hall–Kier alpha value is -1.07. The van der Waals surface area contributed by atoms with Crippen molar-refractivity contribution in [2.24, 2.45) is 5.41 Å². The van der Waals surface area contributed by atoms with E-state index in [0.717, 1.165) is 21.3 Å². The van der Waals surface area contributed by atoms with Crippen LogP contribution in [0, 0.1) is 5.41 Å². The maximum Gasteiger partial charge on any atom is 0.227 e. The quantitative estimate of drug-likeness (QED) is 0.852. The summed E-state index contributed by atoms with van der Waals surface area (Å²) in [5.74, 6) is 1.09. The molecule has 20 heavy (non-hydrogen) atoms. The van der Waals surface area contributed by atoms with Crippen LogP contribution in [0.25, 0.3) is 11.0 Å². The molecule has 0 spiro atoms. The van der Waals surface area contributed by atoms with Gasteiger partial charge in [0.1, 0.15) is 5.82 Å². The van der Waals surface area contributed by atoms with Crippen molar-refractivity contribution in [1.29, 1.82) is 0 Å². The van der Waals surface area contributed by atoms with Crippen LogP contribution in [0.2, 0.25) is 0 Å². The van der Waals surface area contributed by atoms with Crippen LogP contribution >= 0.6 is 27.5 Å². The number of carbonyl (C=O) groups excluding carboxylic acids is 1. The summed E-state index contributed by atoms with van der Waals surface area (Å²) in [5.41, 5.74) is 1.33. The van der Waals surface area contributed by atoms with Gasteiger partial charge in [0.15, 0.2) is 0 Å². The maximum atomic E-state index is 12.0. The lowest BCUT2D eigenvalue weighted by atomic mass is 9.92. The van der Waals surface area contributed by atoms with Crippen molar-refractivity contribution in [1.82, 2.24) is 14.9 Å². The van der Waals surface area contributed by atoms with Crippen LogP contribution in [-0.4, -0.2) is 22.5 Å². The van der Waals surface area contributed by atoms with Gasteiger partial charge in [0.05, 0.1) is 22.3 Å². The van der Waals surface area contributed by atoms with Crippen molar-refractivity contribution in [3.05, 3.63) is 28.5 Å². The molecular weight excluding hydrogens is 342 g/mol. The molecule has 4 nitrogen and oxygen atoms in total. The second-order valence-corrected chi connectivity index (χ2v) is 6.53. The molecule has 0 unspecified atom stereocenters. The van der Waals surface area contributed by atoms with Crippen molar-refractivity contribution in [2.75, 3.05) is 7.05 Å². The zero-order valence-electron chi connectivity index (χ0n) is 11.7. The van der Waals surface area contributed by atoms with E-state index in [1.807, 2.05) is 36.6 Å². The Morgan fingerprint density at radius 1 is 1.50 bits per heavy atom. The van der Waals surface area contributed by atoms with Crippen molar-refractivity contribution in [3.8, 4) is 0 Å². The van der Waals surface area contributed by atoms with E-state index in [1.165, 1.54) is 0 Å². The molecule has 108 valence electrons. The zero-order valence-corrected chi connectivity index (χ0v) is 14.0. The number of nitrogens with one attached hydrogen (secondary N) is 1. The molecular formula is C14H17BrClN3O. The first-order valence-electron chi connectivity index (χ1n) is 6.32. The Kier molecular flexibility index (Phi) is 4.39. The third-order valence-corrected chi connectivity index (χ3v) is 4.04. The smallest absolute Gasteiger partial charge is 0.227 e. The molecule has 0 saturated heterocycles. The third kappa shape index (κ3) is 2.83. The maximum absolute atomic E-state index is 12.0. The normalized spacial score (nSPS) is 11.8. The van der Waals surface area contributed by atoms with Gasteiger partial charge in [-0.1, -0.05) is 15.9 Å². The largest absolute Gasteiger partial charge is 0.359 e. The molecule has 0 atom stereocenters. The number of hydrogen-bond acceptors (Lipinski definition) is 2. The molecule has 0 radical (unpaired) electrons. The minimum atomic E-state index is -0.536. The standard InChI is InChI=1S/C14H17BrClN3O/c1-14(2,13(20)17-3)8-19-11-6-9(15)4-5-10(11)18-12(19)7-16/h4-6H,7-8H2,1-3H3,(H,17,20). The van der Waals surface area contributed by atoms with Crippen LogP contribution in [-0.2, 0) is 17.2 Å². The SMILES string of the molecule is CNC(=O)C(C)(C)Cn1c(CCl)nc2ccc(Br)cc21. The summed E-state index contributed by atoms with van der Waals surface area (Å²) in [6.07, 6.45) is 0. The lowest BCUT2D eigenvalue weighted by Crippen LogP contribution is -2.38. The van der Waals surface area contributed by atoms with Crippen LogP contribution in [0.1, 0.15) is 19.7 Å². The fraction of sp³-hybridized carbons (Fsp3) is 0.429. The Balaban J connectivity index is 2.52. The van der Waals surface area contributed by atoms with Crippen LogP contribution in [0.4, 0.5) is 0 Å². The van der Waals surface area contributed by atoms with E-state index in [1.54, 1.807) is 7.05 Å². The van der Waals surface area contributed by atoms with Crippen molar-refractivity contribution in [3.63, 3.8) is 0 Å². The van der Waals surface area contributed by atoms with Crippen LogP contribution in [0.15, 0.2) is 22.7 Å². The molecule has 1 aromatic carbocycles. The molecule has 1 aromatic heterocycles. The fourth-order valence-corrected chi connectivity index (χ4v) is 2.78. The van der Waals surface area contributed by atoms with E-state index in [2.05, 4.69) is 26.2 Å². The average Bonchev–Trinajstić information content (AvgIpc) is 2.74. The van der Waals surface area contributed by atoms with Crippen molar-refractivity contribution < 1.29 is 4.79 Å². The second kappa shape index (κ2) is 5.74. The van der Waals surface area contributed by atoms with Gasteiger partial charge in [0.2, 0.25) is 5.91 Å². The van der Waals surface area contributed by atoms with Gasteiger partial charge in [-0.25, -0.2) is 4.98 Å². The first kappa shape index (κ1) is 15.3. The van der Waals surface area contributed by atoms with Gasteiger partial charge in [-0.3, -0.25) is 4.79 Å². The monoisotopic (exact) mass is 357 g/mol. The first-order chi connectivity index (χ1) is 9.39. The van der Waals surface area contributed by atoms with Gasteiger partial charge < -0.3 is 9.88 Å². The van der Waals surface area contributed by atoms with E-state index in [9.17, 15) is 4.79 Å². The number of halogens is 2. The summed E-state index contributed by atoms with van der Waals surface area (Å²) >= 11 is 9.46. The number of imidazole rings is 1. The lowest BCUT2D eigenvalue weighted by molar-refractivity contribution is -0.129. The molecule has 0 bridgehead atoms. The third-order valence-electron chi connectivity index (χ3n) is 3.30. The Morgan fingerprint density at radius 2 is 2.20 bits per heavy atom. The van der Waals surface area contributed by atoms with Crippen LogP contribution < -0.4 is 5.32 Å². The topological polar surface area (TPSA) is 46.9 Å². The summed E-state index contributed by atoms with van der Waals surface area (Å²) in [6.45, 7) is 4.35. The predicted octanol–water partition coefficient (Wildman–Crippen LogP) is 3.31. The molecule has 0 aliphatic heterocycles. The van der Waals surface area contributed by atoms with Gasteiger partial charge >= 0.3 is 0 Å². The van der Waals surface area contributed by atoms with Gasteiger partial charge in [-0.15, -0.1) is 11.6 Å². The van der Waals surface area contributed by atoms with Gasteiger partial charge in [0.25, 0.3) is 0 Å². The summed E-state index contributed by atoms with van der Waals surface area (Å²) in [5, 5.41) is 2.70. The molecule has 2 rings (SSSR count). The fourth-order valence-electron chi connectivity index (χ4n) is 2.23. The molecule has 0 aliphatic carbocycles. The number of carbonyl (C=O) groups is 1. The van der Waals surface area contributed by atoms with Gasteiger partial charge in [-0.05, 0) is 32.0 Å². The average molecular weight is 359 g/mol. The van der Waals surface area contributed by atoms with Crippen LogP contribution in [0.5, 0.6) is 0 Å².